The second-order valence-corrected chi connectivity index (χ2v) is 4.57. The van der Waals surface area contributed by atoms with Crippen molar-refractivity contribution in [2.24, 2.45) is 5.41 Å². The van der Waals surface area contributed by atoms with Crippen molar-refractivity contribution in [1.82, 2.24) is 0 Å². The van der Waals surface area contributed by atoms with E-state index < -0.39 is 5.41 Å². The lowest BCUT2D eigenvalue weighted by molar-refractivity contribution is -0.180. The molecule has 1 aliphatic heterocycles. The van der Waals surface area contributed by atoms with Gasteiger partial charge in [-0.2, -0.15) is 0 Å². The van der Waals surface area contributed by atoms with Gasteiger partial charge in [0, 0.05) is 13.6 Å². The van der Waals surface area contributed by atoms with E-state index in [0.717, 1.165) is 0 Å². The molecule has 1 fully saturated rings. The number of esters is 1. The Morgan fingerprint density at radius 2 is 2.17 bits per heavy atom. The third-order valence-corrected chi connectivity index (χ3v) is 3.18. The van der Waals surface area contributed by atoms with E-state index in [1.807, 2.05) is 0 Å². The van der Waals surface area contributed by atoms with Crippen molar-refractivity contribution in [1.29, 1.82) is 0 Å². The van der Waals surface area contributed by atoms with E-state index in [1.165, 1.54) is 13.2 Å². The molecule has 4 nitrogen and oxygen atoms in total. The van der Waals surface area contributed by atoms with Crippen molar-refractivity contribution in [2.75, 3.05) is 38.8 Å². The van der Waals surface area contributed by atoms with Crippen LogP contribution in [0.1, 0.15) is 0 Å². The second kappa shape index (κ2) is 4.94. The Hall–Kier alpha value is -1.62. The number of hydrogen-bond acceptors (Lipinski definition) is 4. The Kier molecular flexibility index (Phi) is 3.52. The summed E-state index contributed by atoms with van der Waals surface area (Å²) < 4.78 is 23.5. The van der Waals surface area contributed by atoms with Crippen LogP contribution in [0, 0.1) is 11.2 Å². The summed E-state index contributed by atoms with van der Waals surface area (Å²) in [6, 6.07) is 6.47. The number of para-hydroxylation sites is 1. The minimum Gasteiger partial charge on any atom is -0.468 e. The molecular formula is C13H16FNO3. The third-order valence-electron chi connectivity index (χ3n) is 3.18. The predicted octanol–water partition coefficient (Wildman–Crippen LogP) is 1.45. The maximum atomic E-state index is 13.6. The molecule has 18 heavy (non-hydrogen) atoms. The number of ether oxygens (including phenoxy) is 2. The van der Waals surface area contributed by atoms with Gasteiger partial charge in [-0.1, -0.05) is 12.1 Å². The summed E-state index contributed by atoms with van der Waals surface area (Å²) in [7, 11) is 3.10. The van der Waals surface area contributed by atoms with Crippen LogP contribution in [0.5, 0.6) is 0 Å². The van der Waals surface area contributed by atoms with Crippen LogP contribution in [0.2, 0.25) is 0 Å². The summed E-state index contributed by atoms with van der Waals surface area (Å²) in [6.07, 6.45) is 0. The Bertz CT molecular complexity index is 446. The standard InChI is InChI=1S/C13H16FNO3/c1-15(11-6-4-3-5-10(11)14)7-13(8-18-9-13)12(16)17-2/h3-6H,7-9H2,1-2H3. The van der Waals surface area contributed by atoms with Crippen molar-refractivity contribution >= 4 is 11.7 Å². The van der Waals surface area contributed by atoms with E-state index in [2.05, 4.69) is 0 Å². The minimum absolute atomic E-state index is 0.305. The lowest BCUT2D eigenvalue weighted by Crippen LogP contribution is -2.56. The number of carbonyl (C=O) groups is 1. The van der Waals surface area contributed by atoms with Crippen LogP contribution in [-0.2, 0) is 14.3 Å². The van der Waals surface area contributed by atoms with Gasteiger partial charge >= 0.3 is 5.97 Å². The van der Waals surface area contributed by atoms with Crippen molar-refractivity contribution in [3.63, 3.8) is 0 Å². The number of methoxy groups -OCH3 is 1. The fraction of sp³-hybridized carbons (Fsp3) is 0.462. The van der Waals surface area contributed by atoms with Crippen molar-refractivity contribution < 1.29 is 18.7 Å². The quantitative estimate of drug-likeness (QED) is 0.761. The minimum atomic E-state index is -0.675. The molecule has 0 saturated carbocycles. The summed E-state index contributed by atoms with van der Waals surface area (Å²) in [5, 5.41) is 0. The number of carbonyl (C=O) groups excluding carboxylic acids is 1. The number of rotatable bonds is 4. The zero-order valence-electron chi connectivity index (χ0n) is 10.5. The molecule has 1 heterocycles. The van der Waals surface area contributed by atoms with Gasteiger partial charge in [0.05, 0.1) is 26.0 Å². The van der Waals surface area contributed by atoms with Crippen LogP contribution in [0.25, 0.3) is 0 Å². The highest BCUT2D eigenvalue weighted by molar-refractivity contribution is 5.79. The highest BCUT2D eigenvalue weighted by Gasteiger charge is 2.48. The summed E-state index contributed by atoms with van der Waals surface area (Å²) in [4.78, 5) is 13.5. The number of nitrogens with zero attached hydrogens (tertiary/aromatic N) is 1. The van der Waals surface area contributed by atoms with Crippen molar-refractivity contribution in [3.8, 4) is 0 Å². The normalized spacial score (nSPS) is 16.8. The molecule has 0 amide bonds. The summed E-state index contributed by atoms with van der Waals surface area (Å²) >= 11 is 0. The van der Waals surface area contributed by atoms with Gasteiger partial charge in [0.25, 0.3) is 0 Å². The third kappa shape index (κ3) is 2.18. The highest BCUT2D eigenvalue weighted by atomic mass is 19.1. The zero-order valence-corrected chi connectivity index (χ0v) is 10.5. The number of hydrogen-bond donors (Lipinski definition) is 0. The van der Waals surface area contributed by atoms with Crippen molar-refractivity contribution in [3.05, 3.63) is 30.1 Å². The highest BCUT2D eigenvalue weighted by Crippen LogP contribution is 2.32. The van der Waals surface area contributed by atoms with E-state index in [1.54, 1.807) is 30.1 Å². The average Bonchev–Trinajstić information content (AvgIpc) is 2.33. The molecule has 0 bridgehead atoms. The zero-order chi connectivity index (χ0) is 13.2. The second-order valence-electron chi connectivity index (χ2n) is 4.57. The van der Waals surface area contributed by atoms with Gasteiger partial charge in [0.1, 0.15) is 11.2 Å². The Morgan fingerprint density at radius 1 is 1.50 bits per heavy atom. The molecule has 5 heteroatoms. The smallest absolute Gasteiger partial charge is 0.318 e. The van der Waals surface area contributed by atoms with Crippen LogP contribution in [-0.4, -0.2) is 39.9 Å². The van der Waals surface area contributed by atoms with Crippen LogP contribution >= 0.6 is 0 Å². The fourth-order valence-corrected chi connectivity index (χ4v) is 2.14. The number of anilines is 1. The van der Waals surface area contributed by atoms with E-state index in [4.69, 9.17) is 9.47 Å². The lowest BCUT2D eigenvalue weighted by Gasteiger charge is -2.41. The Morgan fingerprint density at radius 3 is 2.67 bits per heavy atom. The van der Waals surface area contributed by atoms with E-state index in [-0.39, 0.29) is 11.8 Å². The summed E-state index contributed by atoms with van der Waals surface area (Å²) in [5.41, 5.74) is -0.209. The first-order chi connectivity index (χ1) is 8.59. The SMILES string of the molecule is COC(=O)C1(CN(C)c2ccccc2F)COC1. The molecule has 0 radical (unpaired) electrons. The Balaban J connectivity index is 2.13. The summed E-state index contributed by atoms with van der Waals surface area (Å²) in [6.45, 7) is 1.01. The molecule has 0 aromatic heterocycles. The molecule has 0 aliphatic carbocycles. The van der Waals surface area contributed by atoms with Gasteiger partial charge in [0.2, 0.25) is 0 Å². The van der Waals surface area contributed by atoms with E-state index in [9.17, 15) is 9.18 Å². The number of halogens is 1. The van der Waals surface area contributed by atoms with Crippen LogP contribution < -0.4 is 4.90 Å². The lowest BCUT2D eigenvalue weighted by atomic mass is 9.85. The first-order valence-corrected chi connectivity index (χ1v) is 5.71. The monoisotopic (exact) mass is 253 g/mol. The molecule has 0 spiro atoms. The Labute approximate surface area is 105 Å². The van der Waals surface area contributed by atoms with Gasteiger partial charge < -0.3 is 14.4 Å². The molecule has 1 saturated heterocycles. The van der Waals surface area contributed by atoms with Crippen LogP contribution in [0.4, 0.5) is 10.1 Å². The molecule has 2 rings (SSSR count). The van der Waals surface area contributed by atoms with Gasteiger partial charge in [0.15, 0.2) is 0 Å². The molecule has 1 aliphatic rings. The van der Waals surface area contributed by atoms with Crippen LogP contribution in [0.3, 0.4) is 0 Å². The predicted molar refractivity (Wildman–Crippen MR) is 64.9 cm³/mol. The van der Waals surface area contributed by atoms with Crippen LogP contribution in [0.15, 0.2) is 24.3 Å². The van der Waals surface area contributed by atoms with Gasteiger partial charge in [-0.05, 0) is 12.1 Å². The number of benzene rings is 1. The van der Waals surface area contributed by atoms with Crippen molar-refractivity contribution in [2.45, 2.75) is 0 Å². The van der Waals surface area contributed by atoms with E-state index in [0.29, 0.717) is 25.4 Å². The molecular weight excluding hydrogens is 237 g/mol. The largest absolute Gasteiger partial charge is 0.468 e. The molecule has 1 aromatic rings. The van der Waals surface area contributed by atoms with E-state index >= 15 is 0 Å². The first-order valence-electron chi connectivity index (χ1n) is 5.71. The molecule has 0 unspecified atom stereocenters. The fourth-order valence-electron chi connectivity index (χ4n) is 2.14. The molecule has 0 N–H and O–H groups in total. The molecule has 0 atom stereocenters. The molecule has 98 valence electrons. The first kappa shape index (κ1) is 12.8. The average molecular weight is 253 g/mol. The van der Waals surface area contributed by atoms with Gasteiger partial charge in [-0.15, -0.1) is 0 Å². The maximum Gasteiger partial charge on any atom is 0.318 e. The molecule has 1 aromatic carbocycles. The van der Waals surface area contributed by atoms with Gasteiger partial charge in [-0.3, -0.25) is 4.79 Å². The topological polar surface area (TPSA) is 38.8 Å². The van der Waals surface area contributed by atoms with Gasteiger partial charge in [-0.25, -0.2) is 4.39 Å². The maximum absolute atomic E-state index is 13.6. The summed E-state index contributed by atoms with van der Waals surface area (Å²) in [5.74, 6) is -0.614.